The van der Waals surface area contributed by atoms with Gasteiger partial charge < -0.3 is 14.5 Å². The number of carbonyl (C=O) groups excluding carboxylic acids is 1. The molecule has 7 nitrogen and oxygen atoms in total. The summed E-state index contributed by atoms with van der Waals surface area (Å²) in [6.45, 7) is 3.63. The molecule has 4 rings (SSSR count). The van der Waals surface area contributed by atoms with E-state index in [1.54, 1.807) is 36.9 Å². The average molecular weight is 339 g/mol. The van der Waals surface area contributed by atoms with Gasteiger partial charge >= 0.3 is 0 Å². The number of hydrogen-bond acceptors (Lipinski definition) is 6. The summed E-state index contributed by atoms with van der Waals surface area (Å²) in [7, 11) is 0. The van der Waals surface area contributed by atoms with Crippen LogP contribution in [0.2, 0.25) is 0 Å². The van der Waals surface area contributed by atoms with E-state index in [1.165, 1.54) is 0 Å². The Labute approximate surface area is 146 Å². The highest BCUT2D eigenvalue weighted by Crippen LogP contribution is 2.31. The molecule has 0 aromatic carbocycles. The minimum Gasteiger partial charge on any atom is -0.371 e. The highest BCUT2D eigenvalue weighted by Gasteiger charge is 2.41. The third kappa shape index (κ3) is 3.32. The van der Waals surface area contributed by atoms with Crippen LogP contribution in [0.1, 0.15) is 23.2 Å². The lowest BCUT2D eigenvalue weighted by Gasteiger charge is -2.47. The zero-order valence-corrected chi connectivity index (χ0v) is 14.0. The summed E-state index contributed by atoms with van der Waals surface area (Å²) >= 11 is 0. The van der Waals surface area contributed by atoms with Crippen LogP contribution in [-0.4, -0.2) is 64.1 Å². The van der Waals surface area contributed by atoms with Crippen molar-refractivity contribution in [2.45, 2.75) is 18.4 Å². The van der Waals surface area contributed by atoms with Crippen LogP contribution >= 0.6 is 0 Å². The standard InChI is InChI=1S/C18H21N5O2/c24-16(15-2-8-19-9-3-15)22-10-4-18(5-11-22)14-23(12-13-25-18)17-20-6-1-7-21-17/h1-3,6-9H,4-5,10-14H2. The van der Waals surface area contributed by atoms with Gasteiger partial charge in [-0.2, -0.15) is 0 Å². The van der Waals surface area contributed by atoms with Crippen molar-refractivity contribution in [2.24, 2.45) is 0 Å². The van der Waals surface area contributed by atoms with Crippen molar-refractivity contribution in [1.82, 2.24) is 19.9 Å². The van der Waals surface area contributed by atoms with Crippen LogP contribution in [0.25, 0.3) is 0 Å². The molecule has 2 aromatic rings. The lowest BCUT2D eigenvalue weighted by atomic mass is 9.89. The Balaban J connectivity index is 1.41. The van der Waals surface area contributed by atoms with Gasteiger partial charge in [0, 0.05) is 50.0 Å². The number of carbonyl (C=O) groups is 1. The largest absolute Gasteiger partial charge is 0.371 e. The zero-order chi connectivity index (χ0) is 17.1. The first kappa shape index (κ1) is 16.0. The Morgan fingerprint density at radius 3 is 2.48 bits per heavy atom. The van der Waals surface area contributed by atoms with Crippen LogP contribution in [0.15, 0.2) is 43.0 Å². The van der Waals surface area contributed by atoms with Gasteiger partial charge in [-0.05, 0) is 31.0 Å². The Morgan fingerprint density at radius 1 is 1.04 bits per heavy atom. The van der Waals surface area contributed by atoms with Gasteiger partial charge in [-0.1, -0.05) is 0 Å². The van der Waals surface area contributed by atoms with Crippen LogP contribution < -0.4 is 4.90 Å². The molecule has 4 heterocycles. The summed E-state index contributed by atoms with van der Waals surface area (Å²) in [5.74, 6) is 0.816. The number of morpholine rings is 1. The van der Waals surface area contributed by atoms with Gasteiger partial charge in [0.15, 0.2) is 0 Å². The van der Waals surface area contributed by atoms with Gasteiger partial charge in [0.2, 0.25) is 5.95 Å². The van der Waals surface area contributed by atoms with Crippen molar-refractivity contribution in [2.75, 3.05) is 37.7 Å². The van der Waals surface area contributed by atoms with Crippen molar-refractivity contribution in [3.63, 3.8) is 0 Å². The van der Waals surface area contributed by atoms with Gasteiger partial charge in [-0.15, -0.1) is 0 Å². The number of anilines is 1. The van der Waals surface area contributed by atoms with Gasteiger partial charge in [0.25, 0.3) is 5.91 Å². The van der Waals surface area contributed by atoms with Crippen molar-refractivity contribution >= 4 is 11.9 Å². The van der Waals surface area contributed by atoms with Crippen molar-refractivity contribution in [1.29, 1.82) is 0 Å². The number of pyridine rings is 1. The minimum absolute atomic E-state index is 0.0660. The molecule has 130 valence electrons. The predicted octanol–water partition coefficient (Wildman–Crippen LogP) is 1.38. The first-order valence-electron chi connectivity index (χ1n) is 8.61. The van der Waals surface area contributed by atoms with E-state index in [4.69, 9.17) is 4.74 Å². The van der Waals surface area contributed by atoms with E-state index in [9.17, 15) is 4.79 Å². The maximum atomic E-state index is 12.6. The molecule has 2 aliphatic heterocycles. The Bertz CT molecular complexity index is 717. The molecular formula is C18H21N5O2. The van der Waals surface area contributed by atoms with Gasteiger partial charge in [-0.3, -0.25) is 9.78 Å². The normalized spacial score (nSPS) is 19.8. The SMILES string of the molecule is O=C(c1ccncc1)N1CCC2(CC1)CN(c1ncccn1)CCO2. The molecule has 0 bridgehead atoms. The third-order valence-corrected chi connectivity index (χ3v) is 4.97. The Morgan fingerprint density at radius 2 is 1.76 bits per heavy atom. The smallest absolute Gasteiger partial charge is 0.253 e. The van der Waals surface area contributed by atoms with Crippen LogP contribution in [0.5, 0.6) is 0 Å². The quantitative estimate of drug-likeness (QED) is 0.823. The van der Waals surface area contributed by atoms with Gasteiger partial charge in [0.1, 0.15) is 0 Å². The Kier molecular flexibility index (Phi) is 4.31. The molecule has 2 fully saturated rings. The zero-order valence-electron chi connectivity index (χ0n) is 14.0. The number of piperidine rings is 1. The van der Waals surface area contributed by atoms with E-state index in [1.807, 2.05) is 11.0 Å². The molecule has 1 amide bonds. The molecule has 2 aliphatic rings. The van der Waals surface area contributed by atoms with Crippen LogP contribution in [-0.2, 0) is 4.74 Å². The fourth-order valence-electron chi connectivity index (χ4n) is 3.57. The van der Waals surface area contributed by atoms with Crippen molar-refractivity contribution in [3.05, 3.63) is 48.5 Å². The summed E-state index contributed by atoms with van der Waals surface area (Å²) < 4.78 is 6.15. The first-order chi connectivity index (χ1) is 12.3. The highest BCUT2D eigenvalue weighted by molar-refractivity contribution is 5.94. The molecular weight excluding hydrogens is 318 g/mol. The maximum absolute atomic E-state index is 12.6. The van der Waals surface area contributed by atoms with Crippen molar-refractivity contribution in [3.8, 4) is 0 Å². The van der Waals surface area contributed by atoms with E-state index in [2.05, 4.69) is 19.9 Å². The molecule has 7 heteroatoms. The molecule has 25 heavy (non-hydrogen) atoms. The summed E-state index contributed by atoms with van der Waals surface area (Å²) in [6, 6.07) is 5.35. The summed E-state index contributed by atoms with van der Waals surface area (Å²) in [5.41, 5.74) is 0.474. The molecule has 2 aromatic heterocycles. The van der Waals surface area contributed by atoms with E-state index >= 15 is 0 Å². The number of amides is 1. The number of hydrogen-bond donors (Lipinski definition) is 0. The molecule has 1 spiro atoms. The second-order valence-electron chi connectivity index (χ2n) is 6.53. The molecule has 0 saturated carbocycles. The average Bonchev–Trinajstić information content (AvgIpc) is 2.69. The van der Waals surface area contributed by atoms with Crippen LogP contribution in [0, 0.1) is 0 Å². The Hall–Kier alpha value is -2.54. The van der Waals surface area contributed by atoms with E-state index in [-0.39, 0.29) is 11.5 Å². The summed E-state index contributed by atoms with van der Waals surface area (Å²) in [4.78, 5) is 29.3. The topological polar surface area (TPSA) is 71.5 Å². The van der Waals surface area contributed by atoms with Gasteiger partial charge in [0.05, 0.1) is 18.8 Å². The number of aromatic nitrogens is 3. The van der Waals surface area contributed by atoms with Crippen molar-refractivity contribution < 1.29 is 9.53 Å². The van der Waals surface area contributed by atoms with Crippen LogP contribution in [0.4, 0.5) is 5.95 Å². The number of ether oxygens (including phenoxy) is 1. The second kappa shape index (κ2) is 6.76. The van der Waals surface area contributed by atoms with E-state index < -0.39 is 0 Å². The van der Waals surface area contributed by atoms with E-state index in [0.29, 0.717) is 25.3 Å². The third-order valence-electron chi connectivity index (χ3n) is 4.97. The maximum Gasteiger partial charge on any atom is 0.253 e. The number of likely N-dealkylation sites (tertiary alicyclic amines) is 1. The summed E-state index contributed by atoms with van der Waals surface area (Å²) in [5, 5.41) is 0. The molecule has 0 N–H and O–H groups in total. The first-order valence-corrected chi connectivity index (χ1v) is 8.61. The lowest BCUT2D eigenvalue weighted by molar-refractivity contribution is -0.0872. The summed E-state index contributed by atoms with van der Waals surface area (Å²) in [6.07, 6.45) is 8.49. The van der Waals surface area contributed by atoms with Crippen LogP contribution in [0.3, 0.4) is 0 Å². The second-order valence-corrected chi connectivity index (χ2v) is 6.53. The van der Waals surface area contributed by atoms with Gasteiger partial charge in [-0.25, -0.2) is 9.97 Å². The lowest BCUT2D eigenvalue weighted by Crippen LogP contribution is -2.58. The molecule has 0 radical (unpaired) electrons. The predicted molar refractivity (Wildman–Crippen MR) is 92.3 cm³/mol. The monoisotopic (exact) mass is 339 g/mol. The fourth-order valence-corrected chi connectivity index (χ4v) is 3.57. The highest BCUT2D eigenvalue weighted by atomic mass is 16.5. The molecule has 2 saturated heterocycles. The number of nitrogens with zero attached hydrogens (tertiary/aromatic N) is 5. The molecule has 0 atom stereocenters. The van der Waals surface area contributed by atoms with E-state index in [0.717, 1.165) is 31.9 Å². The fraction of sp³-hybridized carbons (Fsp3) is 0.444. The molecule has 0 aliphatic carbocycles. The molecule has 0 unspecified atom stereocenters. The minimum atomic E-state index is -0.216. The number of rotatable bonds is 2.